The maximum absolute atomic E-state index is 13.1. The van der Waals surface area contributed by atoms with E-state index in [0.717, 1.165) is 5.56 Å². The molecule has 0 saturated carbocycles. The monoisotopic (exact) mass is 425 g/mol. The third-order valence-corrected chi connectivity index (χ3v) is 4.99. The van der Waals surface area contributed by atoms with Gasteiger partial charge in [-0.2, -0.15) is 5.10 Å². The average molecular weight is 426 g/mol. The van der Waals surface area contributed by atoms with Crippen molar-refractivity contribution in [1.82, 2.24) is 9.78 Å². The van der Waals surface area contributed by atoms with Crippen LogP contribution >= 0.6 is 11.6 Å². The molecule has 0 saturated heterocycles. The number of hydrogen-bond acceptors (Lipinski definition) is 5. The summed E-state index contributed by atoms with van der Waals surface area (Å²) < 4.78 is 25.1. The molecule has 0 amide bonds. The fourth-order valence-corrected chi connectivity index (χ4v) is 3.29. The van der Waals surface area contributed by atoms with Crippen LogP contribution in [0.2, 0.25) is 5.15 Å². The molecule has 0 spiro atoms. The van der Waals surface area contributed by atoms with E-state index in [1.807, 2.05) is 0 Å². The Morgan fingerprint density at radius 3 is 2.53 bits per heavy atom. The van der Waals surface area contributed by atoms with E-state index in [4.69, 9.17) is 21.1 Å². The number of hydrogen-bond donors (Lipinski definition) is 0. The van der Waals surface area contributed by atoms with Crippen LogP contribution in [0.25, 0.3) is 6.08 Å². The Balaban J connectivity index is 1.62. The van der Waals surface area contributed by atoms with Gasteiger partial charge in [-0.25, -0.2) is 18.9 Å². The van der Waals surface area contributed by atoms with E-state index >= 15 is 0 Å². The van der Waals surface area contributed by atoms with Crippen LogP contribution in [0.4, 0.5) is 4.39 Å². The molecule has 0 bridgehead atoms. The molecule has 1 aliphatic heterocycles. The summed E-state index contributed by atoms with van der Waals surface area (Å²) in [5.74, 6) is 0.0246. The fraction of sp³-hybridized carbons (Fsp3) is 0.136. The Morgan fingerprint density at radius 1 is 1.17 bits per heavy atom. The van der Waals surface area contributed by atoms with Crippen molar-refractivity contribution in [3.8, 4) is 5.75 Å². The summed E-state index contributed by atoms with van der Waals surface area (Å²) in [7, 11) is 1.57. The lowest BCUT2D eigenvalue weighted by Gasteiger charge is -2.03. The van der Waals surface area contributed by atoms with Gasteiger partial charge < -0.3 is 9.47 Å². The van der Waals surface area contributed by atoms with Crippen LogP contribution in [-0.4, -0.2) is 28.8 Å². The van der Waals surface area contributed by atoms with Crippen molar-refractivity contribution in [3.63, 3.8) is 0 Å². The zero-order valence-corrected chi connectivity index (χ0v) is 17.0. The highest BCUT2D eigenvalue weighted by atomic mass is 35.5. The van der Waals surface area contributed by atoms with Gasteiger partial charge in [-0.15, -0.1) is 0 Å². The van der Waals surface area contributed by atoms with Gasteiger partial charge in [0, 0.05) is 11.1 Å². The summed E-state index contributed by atoms with van der Waals surface area (Å²) >= 11 is 6.49. The molecule has 0 fully saturated rings. The predicted molar refractivity (Wildman–Crippen MR) is 111 cm³/mol. The van der Waals surface area contributed by atoms with E-state index in [1.165, 1.54) is 12.1 Å². The van der Waals surface area contributed by atoms with Gasteiger partial charge in [-0.05, 0) is 55.0 Å². The molecule has 0 unspecified atom stereocenters. The first-order valence-electron chi connectivity index (χ1n) is 9.09. The van der Waals surface area contributed by atoms with E-state index < -0.39 is 5.97 Å². The summed E-state index contributed by atoms with van der Waals surface area (Å²) in [6, 6.07) is 13.1. The van der Waals surface area contributed by atoms with Crippen LogP contribution in [0.15, 0.2) is 59.2 Å². The molecule has 3 aromatic rings. The number of cyclic esters (lactones) is 1. The van der Waals surface area contributed by atoms with Crippen LogP contribution in [-0.2, 0) is 16.1 Å². The highest BCUT2D eigenvalue weighted by Gasteiger charge is 2.25. The predicted octanol–water partition coefficient (Wildman–Crippen LogP) is 4.39. The van der Waals surface area contributed by atoms with Gasteiger partial charge in [0.15, 0.2) is 5.70 Å². The molecular formula is C22H17ClFN3O3. The number of aromatic nitrogens is 2. The van der Waals surface area contributed by atoms with E-state index in [0.29, 0.717) is 34.3 Å². The number of ether oxygens (including phenoxy) is 2. The summed E-state index contributed by atoms with van der Waals surface area (Å²) in [6.45, 7) is 2.15. The number of methoxy groups -OCH3 is 1. The average Bonchev–Trinajstić information content (AvgIpc) is 3.24. The lowest BCUT2D eigenvalue weighted by Crippen LogP contribution is -2.05. The second-order valence-corrected chi connectivity index (χ2v) is 7.00. The van der Waals surface area contributed by atoms with Gasteiger partial charge in [0.1, 0.15) is 16.7 Å². The lowest BCUT2D eigenvalue weighted by molar-refractivity contribution is -0.129. The molecule has 152 valence electrons. The number of rotatable bonds is 5. The van der Waals surface area contributed by atoms with Crippen molar-refractivity contribution in [3.05, 3.63) is 87.6 Å². The Hall–Kier alpha value is -3.45. The fourth-order valence-electron chi connectivity index (χ4n) is 3.00. The van der Waals surface area contributed by atoms with Crippen molar-refractivity contribution >= 4 is 29.5 Å². The summed E-state index contributed by atoms with van der Waals surface area (Å²) in [5.41, 5.74) is 2.84. The Labute approximate surface area is 177 Å². The van der Waals surface area contributed by atoms with E-state index in [9.17, 15) is 9.18 Å². The van der Waals surface area contributed by atoms with Gasteiger partial charge in [0.2, 0.25) is 5.90 Å². The molecule has 0 aliphatic carbocycles. The minimum absolute atomic E-state index is 0.132. The number of aryl methyl sites for hydroxylation is 1. The molecule has 30 heavy (non-hydrogen) atoms. The van der Waals surface area contributed by atoms with Crippen LogP contribution in [0.3, 0.4) is 0 Å². The lowest BCUT2D eigenvalue weighted by atomic mass is 10.2. The van der Waals surface area contributed by atoms with Crippen LogP contribution < -0.4 is 4.74 Å². The zero-order valence-electron chi connectivity index (χ0n) is 16.2. The third-order valence-electron chi connectivity index (χ3n) is 4.59. The molecule has 4 rings (SSSR count). The number of carbonyl (C=O) groups is 1. The molecule has 2 aromatic carbocycles. The SMILES string of the molecule is COc1ccc(C2=N/C(=C\c3c(C)nn(Cc4ccc(F)cc4)c3Cl)C(=O)O2)cc1. The van der Waals surface area contributed by atoms with E-state index in [2.05, 4.69) is 10.1 Å². The highest BCUT2D eigenvalue weighted by molar-refractivity contribution is 6.31. The van der Waals surface area contributed by atoms with Crippen molar-refractivity contribution in [1.29, 1.82) is 0 Å². The maximum Gasteiger partial charge on any atom is 0.363 e. The first-order chi connectivity index (χ1) is 14.4. The van der Waals surface area contributed by atoms with Gasteiger partial charge in [0.05, 0.1) is 19.3 Å². The number of benzene rings is 2. The Bertz CT molecular complexity index is 1170. The molecular weight excluding hydrogens is 409 g/mol. The molecule has 0 radical (unpaired) electrons. The zero-order chi connectivity index (χ0) is 21.3. The van der Waals surface area contributed by atoms with Gasteiger partial charge in [-0.3, -0.25) is 0 Å². The number of aliphatic imine (C=N–C) groups is 1. The van der Waals surface area contributed by atoms with Crippen LogP contribution in [0.5, 0.6) is 5.75 Å². The summed E-state index contributed by atoms with van der Waals surface area (Å²) in [4.78, 5) is 16.6. The second kappa shape index (κ2) is 8.12. The topological polar surface area (TPSA) is 65.7 Å². The van der Waals surface area contributed by atoms with Gasteiger partial charge in [-0.1, -0.05) is 23.7 Å². The van der Waals surface area contributed by atoms with E-state index in [1.54, 1.807) is 61.2 Å². The molecule has 1 aromatic heterocycles. The van der Waals surface area contributed by atoms with Crippen molar-refractivity contribution in [2.24, 2.45) is 4.99 Å². The maximum atomic E-state index is 13.1. The van der Waals surface area contributed by atoms with Crippen LogP contribution in [0.1, 0.15) is 22.4 Å². The largest absolute Gasteiger partial charge is 0.497 e. The standard InChI is InChI=1S/C22H17ClFN3O3/c1-13-18(20(23)27(26-13)12-14-3-7-16(24)8-4-14)11-19-22(28)30-21(25-19)15-5-9-17(29-2)10-6-15/h3-11H,12H2,1-2H3/b19-11-. The van der Waals surface area contributed by atoms with Crippen molar-refractivity contribution in [2.45, 2.75) is 13.5 Å². The number of carbonyl (C=O) groups excluding carboxylic acids is 1. The smallest absolute Gasteiger partial charge is 0.363 e. The Kier molecular flexibility index (Phi) is 5.37. The van der Waals surface area contributed by atoms with Crippen LogP contribution in [0, 0.1) is 12.7 Å². The van der Waals surface area contributed by atoms with Gasteiger partial charge >= 0.3 is 5.97 Å². The second-order valence-electron chi connectivity index (χ2n) is 6.64. The number of nitrogens with zero attached hydrogens (tertiary/aromatic N) is 3. The first-order valence-corrected chi connectivity index (χ1v) is 9.46. The molecule has 0 N–H and O–H groups in total. The summed E-state index contributed by atoms with van der Waals surface area (Å²) in [6.07, 6.45) is 1.56. The quantitative estimate of drug-likeness (QED) is 0.449. The molecule has 0 atom stereocenters. The molecule has 6 nitrogen and oxygen atoms in total. The van der Waals surface area contributed by atoms with Gasteiger partial charge in [0.25, 0.3) is 0 Å². The first kappa shape index (κ1) is 19.8. The number of halogens is 2. The van der Waals surface area contributed by atoms with Crippen molar-refractivity contribution in [2.75, 3.05) is 7.11 Å². The minimum atomic E-state index is -0.567. The minimum Gasteiger partial charge on any atom is -0.497 e. The normalized spacial score (nSPS) is 14.7. The molecule has 2 heterocycles. The summed E-state index contributed by atoms with van der Waals surface area (Å²) in [5, 5.41) is 4.78. The highest BCUT2D eigenvalue weighted by Crippen LogP contribution is 2.27. The molecule has 8 heteroatoms. The number of esters is 1. The third kappa shape index (κ3) is 3.97. The molecule has 1 aliphatic rings. The van der Waals surface area contributed by atoms with E-state index in [-0.39, 0.29) is 17.4 Å². The van der Waals surface area contributed by atoms with Crippen molar-refractivity contribution < 1.29 is 18.7 Å². The Morgan fingerprint density at radius 2 is 1.87 bits per heavy atom.